The standard InChI is InChI=1S/C26H23FN2O5/c1-33-19-7-8-20(21(15-19)34-2)24(30)22-23(17-9-12-28-13-10-17)29(26(32)25(22)31)14-11-16-3-5-18(27)6-4-16/h3-10,12-13,15,23,30H,11,14H2,1-2H3/b24-22-. The van der Waals surface area contributed by atoms with Crippen molar-refractivity contribution in [3.05, 3.63) is 95.1 Å². The Bertz CT molecular complexity index is 1240. The first kappa shape index (κ1) is 23.0. The summed E-state index contributed by atoms with van der Waals surface area (Å²) in [6.07, 6.45) is 3.52. The highest BCUT2D eigenvalue weighted by Crippen LogP contribution is 2.41. The first-order valence-corrected chi connectivity index (χ1v) is 10.6. The number of pyridine rings is 1. The predicted octanol–water partition coefficient (Wildman–Crippen LogP) is 3.90. The number of carbonyl (C=O) groups excluding carboxylic acids is 2. The molecule has 8 heteroatoms. The van der Waals surface area contributed by atoms with Crippen LogP contribution in [0.4, 0.5) is 4.39 Å². The van der Waals surface area contributed by atoms with E-state index in [1.54, 1.807) is 54.9 Å². The van der Waals surface area contributed by atoms with Crippen molar-refractivity contribution in [3.8, 4) is 11.5 Å². The van der Waals surface area contributed by atoms with Gasteiger partial charge in [-0.25, -0.2) is 4.39 Å². The Labute approximate surface area is 196 Å². The van der Waals surface area contributed by atoms with E-state index in [1.807, 2.05) is 0 Å². The third-order valence-electron chi connectivity index (χ3n) is 5.78. The average Bonchev–Trinajstić information content (AvgIpc) is 3.13. The first-order chi connectivity index (χ1) is 16.4. The van der Waals surface area contributed by atoms with Crippen LogP contribution in [0.15, 0.2) is 72.6 Å². The van der Waals surface area contributed by atoms with Gasteiger partial charge in [0.2, 0.25) is 0 Å². The molecule has 1 aliphatic heterocycles. The lowest BCUT2D eigenvalue weighted by Crippen LogP contribution is -2.31. The highest BCUT2D eigenvalue weighted by molar-refractivity contribution is 6.46. The van der Waals surface area contributed by atoms with Crippen molar-refractivity contribution in [1.29, 1.82) is 0 Å². The predicted molar refractivity (Wildman–Crippen MR) is 123 cm³/mol. The van der Waals surface area contributed by atoms with Crippen molar-refractivity contribution in [2.24, 2.45) is 0 Å². The highest BCUT2D eigenvalue weighted by Gasteiger charge is 2.46. The van der Waals surface area contributed by atoms with Crippen LogP contribution in [-0.4, -0.2) is 47.4 Å². The Balaban J connectivity index is 1.79. The number of ether oxygens (including phenoxy) is 2. The number of hydrogen-bond donors (Lipinski definition) is 1. The Hall–Kier alpha value is -4.20. The molecule has 1 aromatic heterocycles. The van der Waals surface area contributed by atoms with Crippen LogP contribution in [0.5, 0.6) is 11.5 Å². The van der Waals surface area contributed by atoms with Crippen molar-refractivity contribution in [1.82, 2.24) is 9.88 Å². The van der Waals surface area contributed by atoms with Gasteiger partial charge in [0, 0.05) is 25.0 Å². The normalized spacial score (nSPS) is 17.1. The number of halogens is 1. The van der Waals surface area contributed by atoms with E-state index in [2.05, 4.69) is 4.98 Å². The zero-order valence-electron chi connectivity index (χ0n) is 18.7. The number of nitrogens with zero attached hydrogens (tertiary/aromatic N) is 2. The molecule has 0 bridgehead atoms. The van der Waals surface area contributed by atoms with Gasteiger partial charge in [-0.15, -0.1) is 0 Å². The minimum atomic E-state index is -0.824. The van der Waals surface area contributed by atoms with Gasteiger partial charge in [0.1, 0.15) is 23.1 Å². The van der Waals surface area contributed by atoms with Gasteiger partial charge < -0.3 is 19.5 Å². The Morgan fingerprint density at radius 1 is 1.03 bits per heavy atom. The smallest absolute Gasteiger partial charge is 0.295 e. The number of rotatable bonds is 7. The maximum absolute atomic E-state index is 13.3. The zero-order valence-corrected chi connectivity index (χ0v) is 18.7. The molecule has 1 fully saturated rings. The van der Waals surface area contributed by atoms with Crippen LogP contribution in [0.2, 0.25) is 0 Å². The van der Waals surface area contributed by atoms with E-state index in [0.717, 1.165) is 5.56 Å². The van der Waals surface area contributed by atoms with Crippen LogP contribution in [0, 0.1) is 5.82 Å². The topological polar surface area (TPSA) is 89.0 Å². The molecule has 34 heavy (non-hydrogen) atoms. The van der Waals surface area contributed by atoms with E-state index in [9.17, 15) is 19.1 Å². The van der Waals surface area contributed by atoms with E-state index in [1.165, 1.54) is 31.3 Å². The van der Waals surface area contributed by atoms with Crippen LogP contribution in [0.1, 0.15) is 22.7 Å². The van der Waals surface area contributed by atoms with Crippen LogP contribution < -0.4 is 9.47 Å². The molecule has 0 spiro atoms. The number of aliphatic hydroxyl groups excluding tert-OH is 1. The van der Waals surface area contributed by atoms with Crippen molar-refractivity contribution in [3.63, 3.8) is 0 Å². The third-order valence-corrected chi connectivity index (χ3v) is 5.78. The molecule has 1 atom stereocenters. The zero-order chi connectivity index (χ0) is 24.2. The second kappa shape index (κ2) is 9.74. The maximum Gasteiger partial charge on any atom is 0.295 e. The van der Waals surface area contributed by atoms with Gasteiger partial charge in [0.15, 0.2) is 0 Å². The number of hydrogen-bond acceptors (Lipinski definition) is 6. The lowest BCUT2D eigenvalue weighted by atomic mass is 9.95. The van der Waals surface area contributed by atoms with Crippen LogP contribution in [-0.2, 0) is 16.0 Å². The van der Waals surface area contributed by atoms with E-state index in [0.29, 0.717) is 23.5 Å². The number of benzene rings is 2. The van der Waals surface area contributed by atoms with Gasteiger partial charge in [-0.1, -0.05) is 12.1 Å². The molecule has 2 aromatic carbocycles. The molecular weight excluding hydrogens is 439 g/mol. The van der Waals surface area contributed by atoms with Gasteiger partial charge >= 0.3 is 0 Å². The summed E-state index contributed by atoms with van der Waals surface area (Å²) >= 11 is 0. The summed E-state index contributed by atoms with van der Waals surface area (Å²) in [5.74, 6) is -1.41. The number of aliphatic hydroxyl groups is 1. The largest absolute Gasteiger partial charge is 0.507 e. The molecule has 1 aliphatic rings. The van der Waals surface area contributed by atoms with Crippen LogP contribution >= 0.6 is 0 Å². The van der Waals surface area contributed by atoms with E-state index < -0.39 is 17.7 Å². The van der Waals surface area contributed by atoms with E-state index in [4.69, 9.17) is 9.47 Å². The number of carbonyl (C=O) groups is 2. The van der Waals surface area contributed by atoms with Crippen molar-refractivity contribution < 1.29 is 28.6 Å². The van der Waals surface area contributed by atoms with Gasteiger partial charge in [0.05, 0.1) is 31.4 Å². The summed E-state index contributed by atoms with van der Waals surface area (Å²) in [6, 6.07) is 13.3. The molecular formula is C26H23FN2O5. The highest BCUT2D eigenvalue weighted by atomic mass is 19.1. The fourth-order valence-electron chi connectivity index (χ4n) is 4.04. The van der Waals surface area contributed by atoms with E-state index >= 15 is 0 Å². The minimum Gasteiger partial charge on any atom is -0.507 e. The third kappa shape index (κ3) is 4.34. The summed E-state index contributed by atoms with van der Waals surface area (Å²) in [7, 11) is 2.94. The second-order valence-corrected chi connectivity index (χ2v) is 7.72. The summed E-state index contributed by atoms with van der Waals surface area (Å²) in [5.41, 5.74) is 1.66. The molecule has 2 heterocycles. The van der Waals surface area contributed by atoms with Crippen molar-refractivity contribution in [2.45, 2.75) is 12.5 Å². The van der Waals surface area contributed by atoms with Gasteiger partial charge in [0.25, 0.3) is 11.7 Å². The molecule has 0 radical (unpaired) electrons. The summed E-state index contributed by atoms with van der Waals surface area (Å²) < 4.78 is 23.9. The van der Waals surface area contributed by atoms with Crippen molar-refractivity contribution >= 4 is 17.4 Å². The fourth-order valence-corrected chi connectivity index (χ4v) is 4.04. The van der Waals surface area contributed by atoms with E-state index in [-0.39, 0.29) is 29.3 Å². The molecule has 0 saturated carbocycles. The monoisotopic (exact) mass is 462 g/mol. The molecule has 7 nitrogen and oxygen atoms in total. The van der Waals surface area contributed by atoms with Crippen LogP contribution in [0.3, 0.4) is 0 Å². The Morgan fingerprint density at radius 3 is 2.38 bits per heavy atom. The summed E-state index contributed by atoms with van der Waals surface area (Å²) in [5, 5.41) is 11.3. The molecule has 4 rings (SSSR count). The number of amides is 1. The van der Waals surface area contributed by atoms with Gasteiger partial charge in [-0.2, -0.15) is 0 Å². The molecule has 3 aromatic rings. The lowest BCUT2D eigenvalue weighted by Gasteiger charge is -2.25. The van der Waals surface area contributed by atoms with Crippen LogP contribution in [0.25, 0.3) is 5.76 Å². The van der Waals surface area contributed by atoms with Gasteiger partial charge in [-0.05, 0) is 53.9 Å². The quantitative estimate of drug-likeness (QED) is 0.326. The maximum atomic E-state index is 13.3. The first-order valence-electron chi connectivity index (χ1n) is 10.6. The average molecular weight is 462 g/mol. The number of Topliss-reactive ketones (excluding diaryl/α,β-unsaturated/α-hetero) is 1. The van der Waals surface area contributed by atoms with Gasteiger partial charge in [-0.3, -0.25) is 14.6 Å². The molecule has 1 amide bonds. The Kier molecular flexibility index (Phi) is 6.58. The number of likely N-dealkylation sites (tertiary alicyclic amines) is 1. The minimum absolute atomic E-state index is 0.0428. The lowest BCUT2D eigenvalue weighted by molar-refractivity contribution is -0.139. The second-order valence-electron chi connectivity index (χ2n) is 7.72. The summed E-state index contributed by atoms with van der Waals surface area (Å²) in [6.45, 7) is 0.194. The fraction of sp³-hybridized carbons (Fsp3) is 0.192. The molecule has 0 aliphatic carbocycles. The number of ketones is 1. The molecule has 174 valence electrons. The summed E-state index contributed by atoms with van der Waals surface area (Å²) in [4.78, 5) is 31.7. The molecule has 1 N–H and O–H groups in total. The van der Waals surface area contributed by atoms with Crippen molar-refractivity contribution in [2.75, 3.05) is 20.8 Å². The number of methoxy groups -OCH3 is 2. The molecule has 1 unspecified atom stereocenters. The SMILES string of the molecule is COc1ccc(/C(O)=C2/C(=O)C(=O)N(CCc3ccc(F)cc3)C2c2ccncc2)c(OC)c1. The molecule has 1 saturated heterocycles. The number of aromatic nitrogens is 1. The Morgan fingerprint density at radius 2 is 1.74 bits per heavy atom.